The van der Waals surface area contributed by atoms with Crippen molar-refractivity contribution in [1.29, 1.82) is 0 Å². The molecule has 5 N–H and O–H groups in total. The number of hydrogen-bond acceptors (Lipinski definition) is 7. The minimum absolute atomic E-state index is 0.166. The van der Waals surface area contributed by atoms with Gasteiger partial charge >= 0.3 is 0 Å². The monoisotopic (exact) mass is 331 g/mol. The predicted molar refractivity (Wildman–Crippen MR) is 87.4 cm³/mol. The Morgan fingerprint density at radius 1 is 1.48 bits per heavy atom. The summed E-state index contributed by atoms with van der Waals surface area (Å²) in [7, 11) is 0. The van der Waals surface area contributed by atoms with E-state index < -0.39 is 12.2 Å². The number of carbonyl (C=O) groups is 1. The van der Waals surface area contributed by atoms with Crippen molar-refractivity contribution in [3.05, 3.63) is 4.88 Å². The van der Waals surface area contributed by atoms with Crippen LogP contribution in [-0.2, 0) is 0 Å². The molecule has 0 aromatic carbocycles. The number of nitrogens with zero attached hydrogens (tertiary/aromatic N) is 1. The Balaban J connectivity index is 2.28. The highest BCUT2D eigenvalue weighted by atomic mass is 32.2. The molecular formula is C13H21N3O3S2. The van der Waals surface area contributed by atoms with Crippen molar-refractivity contribution in [1.82, 2.24) is 5.32 Å². The maximum absolute atomic E-state index is 12.1. The molecule has 1 aliphatic heterocycles. The van der Waals surface area contributed by atoms with Crippen molar-refractivity contribution in [2.75, 3.05) is 36.5 Å². The summed E-state index contributed by atoms with van der Waals surface area (Å²) >= 11 is 2.79. The number of nitrogen functional groups attached to an aromatic ring is 1. The lowest BCUT2D eigenvalue weighted by Crippen LogP contribution is -2.23. The first-order chi connectivity index (χ1) is 9.99. The van der Waals surface area contributed by atoms with Crippen molar-refractivity contribution < 1.29 is 15.0 Å². The van der Waals surface area contributed by atoms with Crippen LogP contribution in [0, 0.1) is 0 Å². The zero-order valence-electron chi connectivity index (χ0n) is 12.1. The summed E-state index contributed by atoms with van der Waals surface area (Å²) in [5, 5.41) is 23.1. The average Bonchev–Trinajstić information content (AvgIpc) is 2.96. The van der Waals surface area contributed by atoms with Gasteiger partial charge in [0.1, 0.15) is 9.88 Å². The van der Waals surface area contributed by atoms with Crippen LogP contribution < -0.4 is 16.0 Å². The summed E-state index contributed by atoms with van der Waals surface area (Å²) in [6.07, 6.45) is 1.24. The number of carbonyl (C=O) groups excluding carboxylic acids is 1. The molecule has 0 radical (unpaired) electrons. The van der Waals surface area contributed by atoms with Crippen LogP contribution in [0.3, 0.4) is 0 Å². The maximum atomic E-state index is 12.1. The highest BCUT2D eigenvalue weighted by Gasteiger charge is 2.33. The van der Waals surface area contributed by atoms with Gasteiger partial charge in [-0.2, -0.15) is 0 Å². The fourth-order valence-electron chi connectivity index (χ4n) is 2.24. The SMILES string of the molecule is CCCNC(=O)c1sc(N2CC(O)C(O)C2)c(SC)c1N. The Labute approximate surface area is 132 Å². The molecule has 2 atom stereocenters. The van der Waals surface area contributed by atoms with Gasteiger partial charge in [-0.15, -0.1) is 23.1 Å². The Hall–Kier alpha value is -0.960. The molecule has 1 aromatic rings. The lowest BCUT2D eigenvalue weighted by atomic mass is 10.3. The third-order valence-corrected chi connectivity index (χ3v) is 5.59. The Kier molecular flexibility index (Phi) is 5.37. The average molecular weight is 331 g/mol. The molecule has 8 heteroatoms. The van der Waals surface area contributed by atoms with E-state index in [9.17, 15) is 15.0 Å². The first kappa shape index (κ1) is 16.4. The number of β-amino-alcohol motifs (C(OH)–C–C–N with tert-alkyl or cyclic N) is 2. The lowest BCUT2D eigenvalue weighted by Gasteiger charge is -2.16. The molecule has 2 heterocycles. The van der Waals surface area contributed by atoms with E-state index in [0.717, 1.165) is 16.3 Å². The van der Waals surface area contributed by atoms with Crippen LogP contribution in [-0.4, -0.2) is 54.2 Å². The van der Waals surface area contributed by atoms with Gasteiger partial charge in [-0.3, -0.25) is 4.79 Å². The molecule has 2 rings (SSSR count). The number of nitrogens with one attached hydrogen (secondary N) is 1. The largest absolute Gasteiger partial charge is 0.396 e. The van der Waals surface area contributed by atoms with Gasteiger partial charge in [-0.25, -0.2) is 0 Å². The van der Waals surface area contributed by atoms with E-state index in [1.807, 2.05) is 18.1 Å². The number of thioether (sulfide) groups is 1. The summed E-state index contributed by atoms with van der Waals surface area (Å²) in [4.78, 5) is 15.4. The van der Waals surface area contributed by atoms with Gasteiger partial charge in [0.15, 0.2) is 0 Å². The molecule has 1 aliphatic rings. The molecule has 118 valence electrons. The highest BCUT2D eigenvalue weighted by molar-refractivity contribution is 7.99. The van der Waals surface area contributed by atoms with Gasteiger partial charge in [0.2, 0.25) is 0 Å². The Morgan fingerprint density at radius 2 is 2.10 bits per heavy atom. The third kappa shape index (κ3) is 3.28. The third-order valence-electron chi connectivity index (χ3n) is 3.37. The molecule has 0 aliphatic carbocycles. The second-order valence-electron chi connectivity index (χ2n) is 4.98. The van der Waals surface area contributed by atoms with Crippen molar-refractivity contribution in [2.45, 2.75) is 30.4 Å². The van der Waals surface area contributed by atoms with E-state index in [0.29, 0.717) is 30.2 Å². The van der Waals surface area contributed by atoms with Gasteiger partial charge in [0.25, 0.3) is 5.91 Å². The van der Waals surface area contributed by atoms with Crippen LogP contribution in [0.1, 0.15) is 23.0 Å². The fourth-order valence-corrected chi connectivity index (χ4v) is 4.36. The number of rotatable bonds is 5. The molecular weight excluding hydrogens is 310 g/mol. The van der Waals surface area contributed by atoms with Crippen LogP contribution >= 0.6 is 23.1 Å². The topological polar surface area (TPSA) is 98.8 Å². The standard InChI is InChI=1S/C13H21N3O3S2/c1-3-4-15-12(19)10-9(14)11(20-2)13(21-10)16-5-7(17)8(18)6-16/h7-8,17-18H,3-6,14H2,1-2H3,(H,15,19). The summed E-state index contributed by atoms with van der Waals surface area (Å²) < 4.78 is 0. The number of anilines is 2. The van der Waals surface area contributed by atoms with E-state index in [4.69, 9.17) is 5.73 Å². The summed E-state index contributed by atoms with van der Waals surface area (Å²) in [5.41, 5.74) is 6.58. The number of nitrogens with two attached hydrogens (primary N) is 1. The maximum Gasteiger partial charge on any atom is 0.263 e. The van der Waals surface area contributed by atoms with Gasteiger partial charge in [0, 0.05) is 19.6 Å². The van der Waals surface area contributed by atoms with Gasteiger partial charge in [-0.1, -0.05) is 6.92 Å². The van der Waals surface area contributed by atoms with Crippen LogP contribution in [0.4, 0.5) is 10.7 Å². The molecule has 2 unspecified atom stereocenters. The molecule has 0 bridgehead atoms. The van der Waals surface area contributed by atoms with Gasteiger partial charge < -0.3 is 26.2 Å². The predicted octanol–water partition coefficient (Wildman–Crippen LogP) is 0.734. The van der Waals surface area contributed by atoms with Crippen LogP contribution in [0.15, 0.2) is 4.90 Å². The smallest absolute Gasteiger partial charge is 0.263 e. The van der Waals surface area contributed by atoms with Crippen molar-refractivity contribution in [3.8, 4) is 0 Å². The lowest BCUT2D eigenvalue weighted by molar-refractivity contribution is 0.0572. The van der Waals surface area contributed by atoms with Crippen molar-refractivity contribution >= 4 is 39.7 Å². The molecule has 6 nitrogen and oxygen atoms in total. The zero-order valence-corrected chi connectivity index (χ0v) is 13.8. The number of hydrogen-bond donors (Lipinski definition) is 4. The number of aliphatic hydroxyl groups is 2. The number of thiophene rings is 1. The van der Waals surface area contributed by atoms with E-state index >= 15 is 0 Å². The first-order valence-electron chi connectivity index (χ1n) is 6.85. The molecule has 1 fully saturated rings. The summed E-state index contributed by atoms with van der Waals surface area (Å²) in [6, 6.07) is 0. The fraction of sp³-hybridized carbons (Fsp3) is 0.615. The quantitative estimate of drug-likeness (QED) is 0.594. The molecule has 0 saturated carbocycles. The van der Waals surface area contributed by atoms with Crippen molar-refractivity contribution in [3.63, 3.8) is 0 Å². The second kappa shape index (κ2) is 6.87. The minimum Gasteiger partial charge on any atom is -0.396 e. The van der Waals surface area contributed by atoms with Crippen LogP contribution in [0.25, 0.3) is 0 Å². The first-order valence-corrected chi connectivity index (χ1v) is 8.89. The molecule has 1 aromatic heterocycles. The van der Waals surface area contributed by atoms with Crippen LogP contribution in [0.2, 0.25) is 0 Å². The van der Waals surface area contributed by atoms with Crippen molar-refractivity contribution in [2.24, 2.45) is 0 Å². The molecule has 21 heavy (non-hydrogen) atoms. The summed E-state index contributed by atoms with van der Waals surface area (Å²) in [5.74, 6) is -0.166. The highest BCUT2D eigenvalue weighted by Crippen LogP contribution is 2.44. The normalized spacial score (nSPS) is 21.8. The second-order valence-corrected chi connectivity index (χ2v) is 6.79. The van der Waals surface area contributed by atoms with E-state index in [1.165, 1.54) is 23.1 Å². The Bertz CT molecular complexity index is 511. The van der Waals surface area contributed by atoms with E-state index in [1.54, 1.807) is 0 Å². The van der Waals surface area contributed by atoms with Gasteiger partial charge in [-0.05, 0) is 12.7 Å². The zero-order chi connectivity index (χ0) is 15.6. The minimum atomic E-state index is -0.764. The molecule has 1 amide bonds. The molecule has 0 spiro atoms. The number of amides is 1. The Morgan fingerprint density at radius 3 is 2.62 bits per heavy atom. The summed E-state index contributed by atoms with van der Waals surface area (Å²) in [6.45, 7) is 3.31. The van der Waals surface area contributed by atoms with E-state index in [-0.39, 0.29) is 5.91 Å². The van der Waals surface area contributed by atoms with Gasteiger partial charge in [0.05, 0.1) is 22.8 Å². The molecule has 1 saturated heterocycles. The van der Waals surface area contributed by atoms with E-state index in [2.05, 4.69) is 5.32 Å². The number of aliphatic hydroxyl groups excluding tert-OH is 2. The van der Waals surface area contributed by atoms with Crippen LogP contribution in [0.5, 0.6) is 0 Å².